The molecule has 10 heavy (non-hydrogen) atoms. The Labute approximate surface area is 63.8 Å². The Bertz CT molecular complexity index is 74.8. The molecule has 1 fully saturated rings. The lowest BCUT2D eigenvalue weighted by Gasteiger charge is -2.04. The van der Waals surface area contributed by atoms with Gasteiger partial charge in [0.15, 0.2) is 0 Å². The average molecular weight is 141 g/mol. The zero-order valence-corrected chi connectivity index (χ0v) is 6.64. The summed E-state index contributed by atoms with van der Waals surface area (Å²) in [6.45, 7) is 5.82. The monoisotopic (exact) mass is 141 g/mol. The summed E-state index contributed by atoms with van der Waals surface area (Å²) in [4.78, 5) is 0. The second-order valence-corrected chi connectivity index (χ2v) is 3.08. The standard InChI is InChI=1S/C9H17O/c1-2-3-4-5-9-6-7-10-8-9/h9H,1-8H2. The van der Waals surface area contributed by atoms with Crippen LogP contribution in [0.25, 0.3) is 0 Å². The molecule has 0 amide bonds. The lowest BCUT2D eigenvalue weighted by atomic mass is 10.0. The number of rotatable bonds is 4. The fourth-order valence-electron chi connectivity index (χ4n) is 1.42. The molecule has 0 saturated carbocycles. The summed E-state index contributed by atoms with van der Waals surface area (Å²) in [6, 6.07) is 0. The minimum atomic E-state index is 0.867. The summed E-state index contributed by atoms with van der Waals surface area (Å²) in [5.74, 6) is 0.867. The van der Waals surface area contributed by atoms with E-state index in [-0.39, 0.29) is 0 Å². The van der Waals surface area contributed by atoms with Crippen LogP contribution >= 0.6 is 0 Å². The van der Waals surface area contributed by atoms with Crippen molar-refractivity contribution in [1.29, 1.82) is 0 Å². The average Bonchev–Trinajstić information content (AvgIpc) is 2.41. The minimum Gasteiger partial charge on any atom is -0.381 e. The van der Waals surface area contributed by atoms with E-state index in [9.17, 15) is 0 Å². The summed E-state index contributed by atoms with van der Waals surface area (Å²) >= 11 is 0. The maximum atomic E-state index is 5.27. The first kappa shape index (κ1) is 8.06. The van der Waals surface area contributed by atoms with Crippen LogP contribution in [0, 0.1) is 12.8 Å². The topological polar surface area (TPSA) is 9.23 Å². The Balaban J connectivity index is 1.91. The van der Waals surface area contributed by atoms with Gasteiger partial charge in [-0.25, -0.2) is 0 Å². The molecule has 1 aliphatic rings. The van der Waals surface area contributed by atoms with E-state index < -0.39 is 0 Å². The van der Waals surface area contributed by atoms with Crippen LogP contribution in [0.3, 0.4) is 0 Å². The van der Waals surface area contributed by atoms with Crippen LogP contribution in [0.4, 0.5) is 0 Å². The molecule has 0 aromatic heterocycles. The van der Waals surface area contributed by atoms with Crippen molar-refractivity contribution in [3.8, 4) is 0 Å². The smallest absolute Gasteiger partial charge is 0.0495 e. The van der Waals surface area contributed by atoms with Gasteiger partial charge in [0.25, 0.3) is 0 Å². The zero-order chi connectivity index (χ0) is 7.23. The van der Waals surface area contributed by atoms with E-state index in [1.165, 1.54) is 25.7 Å². The highest BCUT2D eigenvalue weighted by Crippen LogP contribution is 2.18. The molecule has 1 saturated heterocycles. The van der Waals surface area contributed by atoms with E-state index in [4.69, 9.17) is 4.74 Å². The maximum absolute atomic E-state index is 5.27. The Kier molecular flexibility index (Phi) is 3.81. The Hall–Kier alpha value is -0.0400. The molecular weight excluding hydrogens is 124 g/mol. The molecule has 0 aromatic carbocycles. The van der Waals surface area contributed by atoms with Crippen LogP contribution in [0.1, 0.15) is 32.1 Å². The molecule has 1 unspecified atom stereocenters. The molecule has 0 spiro atoms. The van der Waals surface area contributed by atoms with Gasteiger partial charge in [-0.05, 0) is 18.8 Å². The first-order valence-corrected chi connectivity index (χ1v) is 4.30. The largest absolute Gasteiger partial charge is 0.381 e. The van der Waals surface area contributed by atoms with Crippen molar-refractivity contribution in [2.75, 3.05) is 13.2 Å². The molecule has 0 aromatic rings. The van der Waals surface area contributed by atoms with Crippen molar-refractivity contribution in [2.24, 2.45) is 5.92 Å². The third-order valence-electron chi connectivity index (χ3n) is 2.14. The lowest BCUT2D eigenvalue weighted by Crippen LogP contribution is -1.97. The van der Waals surface area contributed by atoms with E-state index >= 15 is 0 Å². The SMILES string of the molecule is [CH2]CCCCC1CCOC1. The molecule has 1 heterocycles. The molecule has 1 nitrogen and oxygen atoms in total. The number of hydrogen-bond acceptors (Lipinski definition) is 1. The highest BCUT2D eigenvalue weighted by Gasteiger charge is 2.13. The van der Waals surface area contributed by atoms with Crippen LogP contribution < -0.4 is 0 Å². The van der Waals surface area contributed by atoms with E-state index in [0.29, 0.717) is 0 Å². The number of unbranched alkanes of at least 4 members (excludes halogenated alkanes) is 2. The van der Waals surface area contributed by atoms with Gasteiger partial charge >= 0.3 is 0 Å². The minimum absolute atomic E-state index is 0.867. The first-order valence-electron chi connectivity index (χ1n) is 4.30. The van der Waals surface area contributed by atoms with E-state index in [2.05, 4.69) is 6.92 Å². The van der Waals surface area contributed by atoms with Crippen molar-refractivity contribution in [1.82, 2.24) is 0 Å². The number of hydrogen-bond donors (Lipinski definition) is 0. The highest BCUT2D eigenvalue weighted by atomic mass is 16.5. The van der Waals surface area contributed by atoms with Crippen molar-refractivity contribution in [2.45, 2.75) is 32.1 Å². The van der Waals surface area contributed by atoms with Gasteiger partial charge in [-0.15, -0.1) is 0 Å². The van der Waals surface area contributed by atoms with Crippen LogP contribution in [-0.2, 0) is 4.74 Å². The third kappa shape index (κ3) is 2.70. The summed E-state index contributed by atoms with van der Waals surface area (Å²) in [6.07, 6.45) is 6.37. The first-order chi connectivity index (χ1) is 4.93. The highest BCUT2D eigenvalue weighted by molar-refractivity contribution is 4.63. The van der Waals surface area contributed by atoms with Gasteiger partial charge in [0, 0.05) is 13.2 Å². The van der Waals surface area contributed by atoms with Crippen LogP contribution in [-0.4, -0.2) is 13.2 Å². The summed E-state index contributed by atoms with van der Waals surface area (Å²) in [7, 11) is 0. The summed E-state index contributed by atoms with van der Waals surface area (Å²) in [5.41, 5.74) is 0. The predicted octanol–water partition coefficient (Wildman–Crippen LogP) is 2.42. The molecule has 59 valence electrons. The van der Waals surface area contributed by atoms with E-state index in [1.54, 1.807) is 0 Å². The Morgan fingerprint density at radius 2 is 2.30 bits per heavy atom. The second-order valence-electron chi connectivity index (χ2n) is 3.08. The zero-order valence-electron chi connectivity index (χ0n) is 6.64. The second kappa shape index (κ2) is 4.73. The molecule has 1 atom stereocenters. The molecule has 1 heteroatoms. The molecule has 0 aliphatic carbocycles. The number of ether oxygens (including phenoxy) is 1. The van der Waals surface area contributed by atoms with Crippen LogP contribution in [0.15, 0.2) is 0 Å². The molecule has 1 rings (SSSR count). The van der Waals surface area contributed by atoms with Gasteiger partial charge in [-0.2, -0.15) is 0 Å². The third-order valence-corrected chi connectivity index (χ3v) is 2.14. The predicted molar refractivity (Wildman–Crippen MR) is 42.8 cm³/mol. The van der Waals surface area contributed by atoms with Gasteiger partial charge in [-0.1, -0.05) is 26.2 Å². The molecule has 1 radical (unpaired) electrons. The van der Waals surface area contributed by atoms with Crippen LogP contribution in [0.5, 0.6) is 0 Å². The summed E-state index contributed by atoms with van der Waals surface area (Å²) < 4.78 is 5.27. The van der Waals surface area contributed by atoms with Crippen LogP contribution in [0.2, 0.25) is 0 Å². The maximum Gasteiger partial charge on any atom is 0.0495 e. The van der Waals surface area contributed by atoms with Crippen molar-refractivity contribution in [3.05, 3.63) is 6.92 Å². The van der Waals surface area contributed by atoms with Gasteiger partial charge in [-0.3, -0.25) is 0 Å². The molecule has 1 aliphatic heterocycles. The Morgan fingerprint density at radius 1 is 1.40 bits per heavy atom. The van der Waals surface area contributed by atoms with Gasteiger partial charge < -0.3 is 4.74 Å². The van der Waals surface area contributed by atoms with Gasteiger partial charge in [0.2, 0.25) is 0 Å². The lowest BCUT2D eigenvalue weighted by molar-refractivity contribution is 0.183. The Morgan fingerprint density at radius 3 is 2.90 bits per heavy atom. The van der Waals surface area contributed by atoms with Gasteiger partial charge in [0.1, 0.15) is 0 Å². The molecule has 0 N–H and O–H groups in total. The van der Waals surface area contributed by atoms with Crippen molar-refractivity contribution in [3.63, 3.8) is 0 Å². The van der Waals surface area contributed by atoms with Crippen molar-refractivity contribution < 1.29 is 4.74 Å². The van der Waals surface area contributed by atoms with Gasteiger partial charge in [0.05, 0.1) is 0 Å². The van der Waals surface area contributed by atoms with E-state index in [1.807, 2.05) is 0 Å². The normalized spacial score (nSPS) is 25.5. The fourth-order valence-corrected chi connectivity index (χ4v) is 1.42. The quantitative estimate of drug-likeness (QED) is 0.546. The molecular formula is C9H17O. The fraction of sp³-hybridized carbons (Fsp3) is 0.889. The van der Waals surface area contributed by atoms with Crippen molar-refractivity contribution >= 4 is 0 Å². The molecule has 0 bridgehead atoms. The van der Waals surface area contributed by atoms with E-state index in [0.717, 1.165) is 25.6 Å². The summed E-state index contributed by atoms with van der Waals surface area (Å²) in [5, 5.41) is 0.